The van der Waals surface area contributed by atoms with Crippen LogP contribution < -0.4 is 5.32 Å². The van der Waals surface area contributed by atoms with Gasteiger partial charge >= 0.3 is 0 Å². The number of amides is 1. The fraction of sp³-hybridized carbons (Fsp3) is 0.182. The highest BCUT2D eigenvalue weighted by atomic mass is 19.3. The number of halogens is 3. The van der Waals surface area contributed by atoms with E-state index in [0.717, 1.165) is 18.2 Å². The summed E-state index contributed by atoms with van der Waals surface area (Å²) in [7, 11) is 0. The molecule has 0 aliphatic carbocycles. The van der Waals surface area contributed by atoms with Crippen molar-refractivity contribution in [2.45, 2.75) is 12.8 Å². The molecule has 1 amide bonds. The molecule has 1 aromatic rings. The maximum absolute atomic E-state index is 13.1. The number of hydrogen-bond acceptors (Lipinski definition) is 1. The molecule has 1 N–H and O–H groups in total. The van der Waals surface area contributed by atoms with Crippen LogP contribution in [0.5, 0.6) is 0 Å². The first-order chi connectivity index (χ1) is 7.34. The second kappa shape index (κ2) is 4.38. The Bertz CT molecular complexity index is 424. The minimum atomic E-state index is -3.23. The molecule has 0 saturated heterocycles. The van der Waals surface area contributed by atoms with Crippen LogP contribution in [0.1, 0.15) is 12.5 Å². The van der Waals surface area contributed by atoms with Crippen LogP contribution in [0.4, 0.5) is 18.9 Å². The van der Waals surface area contributed by atoms with E-state index in [0.29, 0.717) is 13.0 Å². The molecule has 0 radical (unpaired) electrons. The summed E-state index contributed by atoms with van der Waals surface area (Å²) < 4.78 is 39.0. The van der Waals surface area contributed by atoms with Crippen LogP contribution in [0.2, 0.25) is 0 Å². The van der Waals surface area contributed by atoms with Gasteiger partial charge in [0.15, 0.2) is 0 Å². The largest absolute Gasteiger partial charge is 0.322 e. The van der Waals surface area contributed by atoms with Crippen molar-refractivity contribution in [3.8, 4) is 0 Å². The summed E-state index contributed by atoms with van der Waals surface area (Å²) in [6, 6.07) is 2.77. The van der Waals surface area contributed by atoms with Gasteiger partial charge in [-0.05, 0) is 24.3 Å². The second-order valence-electron chi connectivity index (χ2n) is 3.27. The molecule has 2 nitrogen and oxygen atoms in total. The molecule has 0 spiro atoms. The number of anilines is 1. The lowest BCUT2D eigenvalue weighted by Crippen LogP contribution is -2.15. The smallest absolute Gasteiger partial charge is 0.272 e. The van der Waals surface area contributed by atoms with Crippen LogP contribution in [0, 0.1) is 5.82 Å². The zero-order valence-corrected chi connectivity index (χ0v) is 8.56. The molecule has 1 rings (SSSR count). The maximum Gasteiger partial charge on any atom is 0.272 e. The van der Waals surface area contributed by atoms with Gasteiger partial charge in [-0.25, -0.2) is 13.2 Å². The Hall–Kier alpha value is -1.78. The molecule has 0 heterocycles. The molecule has 0 atom stereocenters. The van der Waals surface area contributed by atoms with Crippen molar-refractivity contribution in [2.75, 3.05) is 5.32 Å². The van der Waals surface area contributed by atoms with Crippen LogP contribution >= 0.6 is 0 Å². The first kappa shape index (κ1) is 12.3. The lowest BCUT2D eigenvalue weighted by molar-refractivity contribution is -0.111. The predicted molar refractivity (Wildman–Crippen MR) is 54.8 cm³/mol. The van der Waals surface area contributed by atoms with E-state index in [-0.39, 0.29) is 5.69 Å². The average Bonchev–Trinajstić information content (AvgIpc) is 2.19. The molecule has 5 heteroatoms. The van der Waals surface area contributed by atoms with Crippen LogP contribution in [0.25, 0.3) is 0 Å². The van der Waals surface area contributed by atoms with Crippen LogP contribution in [0.3, 0.4) is 0 Å². The standard InChI is InChI=1S/C11H10F3NO/c1-3-10(16)15-9-5-4-7(12)6-8(9)11(2,13)14/h3-6H,1H2,2H3,(H,15,16). The van der Waals surface area contributed by atoms with Gasteiger partial charge in [-0.2, -0.15) is 0 Å². The van der Waals surface area contributed by atoms with Gasteiger partial charge in [0.1, 0.15) is 5.82 Å². The molecule has 0 aromatic heterocycles. The Balaban J connectivity index is 3.18. The van der Waals surface area contributed by atoms with E-state index >= 15 is 0 Å². The Kier molecular flexibility index (Phi) is 3.37. The van der Waals surface area contributed by atoms with Crippen LogP contribution in [-0.2, 0) is 10.7 Å². The highest BCUT2D eigenvalue weighted by Gasteiger charge is 2.28. The van der Waals surface area contributed by atoms with Crippen molar-refractivity contribution in [3.05, 3.63) is 42.2 Å². The third-order valence-electron chi connectivity index (χ3n) is 1.90. The highest BCUT2D eigenvalue weighted by molar-refractivity contribution is 5.99. The molecule has 0 saturated carbocycles. The number of benzene rings is 1. The van der Waals surface area contributed by atoms with E-state index in [4.69, 9.17) is 0 Å². The van der Waals surface area contributed by atoms with Crippen molar-refractivity contribution < 1.29 is 18.0 Å². The van der Waals surface area contributed by atoms with Gasteiger partial charge in [0.25, 0.3) is 5.92 Å². The molecule has 86 valence electrons. The summed E-state index contributed by atoms with van der Waals surface area (Å²) in [6.07, 6.45) is 0.945. The molecule has 0 unspecified atom stereocenters. The molecule has 0 bridgehead atoms. The zero-order chi connectivity index (χ0) is 12.3. The monoisotopic (exact) mass is 229 g/mol. The van der Waals surface area contributed by atoms with Crippen molar-refractivity contribution in [1.29, 1.82) is 0 Å². The quantitative estimate of drug-likeness (QED) is 0.793. The second-order valence-corrected chi connectivity index (χ2v) is 3.27. The van der Waals surface area contributed by atoms with Crippen molar-refractivity contribution in [3.63, 3.8) is 0 Å². The average molecular weight is 229 g/mol. The van der Waals surface area contributed by atoms with E-state index in [1.165, 1.54) is 0 Å². The van der Waals surface area contributed by atoms with Gasteiger partial charge in [0.2, 0.25) is 5.91 Å². The van der Waals surface area contributed by atoms with Gasteiger partial charge in [0.05, 0.1) is 5.69 Å². The SMILES string of the molecule is C=CC(=O)Nc1ccc(F)cc1C(C)(F)F. The zero-order valence-electron chi connectivity index (χ0n) is 8.56. The molecule has 16 heavy (non-hydrogen) atoms. The lowest BCUT2D eigenvalue weighted by Gasteiger charge is -2.15. The molecule has 0 fully saturated rings. The van der Waals surface area contributed by atoms with Gasteiger partial charge < -0.3 is 5.32 Å². The normalized spacial score (nSPS) is 11.0. The van der Waals surface area contributed by atoms with E-state index in [1.54, 1.807) is 0 Å². The number of alkyl halides is 2. The van der Waals surface area contributed by atoms with Crippen molar-refractivity contribution in [1.82, 2.24) is 0 Å². The van der Waals surface area contributed by atoms with E-state index in [2.05, 4.69) is 11.9 Å². The van der Waals surface area contributed by atoms with E-state index in [1.807, 2.05) is 0 Å². The molecular weight excluding hydrogens is 219 g/mol. The van der Waals surface area contributed by atoms with E-state index in [9.17, 15) is 18.0 Å². The Morgan fingerprint density at radius 2 is 2.12 bits per heavy atom. The fourth-order valence-corrected chi connectivity index (χ4v) is 1.17. The van der Waals surface area contributed by atoms with Gasteiger partial charge in [-0.1, -0.05) is 6.58 Å². The van der Waals surface area contributed by atoms with Crippen molar-refractivity contribution >= 4 is 11.6 Å². The summed E-state index contributed by atoms with van der Waals surface area (Å²) in [5.41, 5.74) is -0.693. The summed E-state index contributed by atoms with van der Waals surface area (Å²) in [5.74, 6) is -4.64. The minimum Gasteiger partial charge on any atom is -0.322 e. The Morgan fingerprint density at radius 3 is 2.62 bits per heavy atom. The summed E-state index contributed by atoms with van der Waals surface area (Å²) in [6.45, 7) is 3.82. The third-order valence-corrected chi connectivity index (χ3v) is 1.90. The van der Waals surface area contributed by atoms with Crippen LogP contribution in [-0.4, -0.2) is 5.91 Å². The summed E-state index contributed by atoms with van der Waals surface area (Å²) in [4.78, 5) is 11.0. The molecule has 0 aliphatic heterocycles. The first-order valence-corrected chi connectivity index (χ1v) is 4.46. The van der Waals surface area contributed by atoms with Gasteiger partial charge in [-0.15, -0.1) is 0 Å². The Labute approximate surface area is 90.8 Å². The number of carbonyl (C=O) groups excluding carboxylic acids is 1. The number of carbonyl (C=O) groups is 1. The maximum atomic E-state index is 13.1. The summed E-state index contributed by atoms with van der Waals surface area (Å²) in [5, 5.41) is 2.19. The molecule has 0 aliphatic rings. The topological polar surface area (TPSA) is 29.1 Å². The van der Waals surface area contributed by atoms with Crippen molar-refractivity contribution in [2.24, 2.45) is 0 Å². The fourth-order valence-electron chi connectivity index (χ4n) is 1.17. The minimum absolute atomic E-state index is 0.126. The molecule has 1 aromatic carbocycles. The first-order valence-electron chi connectivity index (χ1n) is 4.46. The van der Waals surface area contributed by atoms with Gasteiger partial charge in [0, 0.05) is 12.5 Å². The number of rotatable bonds is 3. The molecular formula is C11H10F3NO. The Morgan fingerprint density at radius 1 is 1.50 bits per heavy atom. The lowest BCUT2D eigenvalue weighted by atomic mass is 10.1. The summed E-state index contributed by atoms with van der Waals surface area (Å²) >= 11 is 0. The third kappa shape index (κ3) is 2.85. The van der Waals surface area contributed by atoms with E-state index < -0.39 is 23.2 Å². The number of nitrogens with one attached hydrogen (secondary N) is 1. The highest BCUT2D eigenvalue weighted by Crippen LogP contribution is 2.33. The predicted octanol–water partition coefficient (Wildman–Crippen LogP) is 3.06. The van der Waals surface area contributed by atoms with Gasteiger partial charge in [-0.3, -0.25) is 4.79 Å². The number of hydrogen-bond donors (Lipinski definition) is 1. The van der Waals surface area contributed by atoms with Crippen LogP contribution in [0.15, 0.2) is 30.9 Å².